The van der Waals surface area contributed by atoms with E-state index in [1.54, 1.807) is 18.2 Å². The van der Waals surface area contributed by atoms with Crippen LogP contribution in [0.2, 0.25) is 0 Å². The molecule has 0 spiro atoms. The SMILES string of the molecule is N#CCCCn1nc(-c2ccc(-c3ccccc3)c(F)c2)ccc1=N. The third-order valence-electron chi connectivity index (χ3n) is 3.91. The number of aryl methyl sites for hydroxylation is 1. The predicted molar refractivity (Wildman–Crippen MR) is 93.8 cm³/mol. The standard InChI is InChI=1S/C20H17FN4/c21-18-14-16(8-9-17(18)15-6-2-1-3-7-15)19-10-11-20(23)25(24-19)13-5-4-12-22/h1-3,6-11,14,23H,4-5,13H2. The van der Waals surface area contributed by atoms with Crippen LogP contribution in [-0.2, 0) is 6.54 Å². The third-order valence-corrected chi connectivity index (χ3v) is 3.91. The van der Waals surface area contributed by atoms with Crippen molar-refractivity contribution in [3.8, 4) is 28.5 Å². The summed E-state index contributed by atoms with van der Waals surface area (Å²) >= 11 is 0. The number of halogens is 1. The molecule has 0 atom stereocenters. The van der Waals surface area contributed by atoms with Crippen LogP contribution in [0.3, 0.4) is 0 Å². The van der Waals surface area contributed by atoms with Crippen LogP contribution >= 0.6 is 0 Å². The van der Waals surface area contributed by atoms with E-state index in [1.165, 1.54) is 10.7 Å². The molecule has 25 heavy (non-hydrogen) atoms. The molecule has 5 heteroatoms. The maximum atomic E-state index is 14.5. The van der Waals surface area contributed by atoms with E-state index in [1.807, 2.05) is 36.4 Å². The van der Waals surface area contributed by atoms with E-state index in [9.17, 15) is 4.39 Å². The predicted octanol–water partition coefficient (Wildman–Crippen LogP) is 4.14. The maximum Gasteiger partial charge on any atom is 0.141 e. The molecular formula is C20H17FN4. The van der Waals surface area contributed by atoms with E-state index >= 15 is 0 Å². The van der Waals surface area contributed by atoms with E-state index < -0.39 is 0 Å². The molecule has 0 saturated heterocycles. The van der Waals surface area contributed by atoms with Crippen molar-refractivity contribution in [3.05, 3.63) is 72.0 Å². The number of nitrogens with zero attached hydrogens (tertiary/aromatic N) is 3. The summed E-state index contributed by atoms with van der Waals surface area (Å²) in [5.74, 6) is -0.309. The highest BCUT2D eigenvalue weighted by atomic mass is 19.1. The lowest BCUT2D eigenvalue weighted by Gasteiger charge is -2.09. The molecule has 0 saturated carbocycles. The fourth-order valence-corrected chi connectivity index (χ4v) is 2.62. The van der Waals surface area contributed by atoms with Crippen molar-refractivity contribution in [1.29, 1.82) is 10.7 Å². The van der Waals surface area contributed by atoms with Crippen molar-refractivity contribution in [2.24, 2.45) is 0 Å². The summed E-state index contributed by atoms with van der Waals surface area (Å²) in [6.45, 7) is 0.491. The highest BCUT2D eigenvalue weighted by molar-refractivity contribution is 5.69. The van der Waals surface area contributed by atoms with Crippen molar-refractivity contribution in [3.63, 3.8) is 0 Å². The Bertz CT molecular complexity index is 971. The monoisotopic (exact) mass is 332 g/mol. The summed E-state index contributed by atoms with van der Waals surface area (Å²) in [4.78, 5) is 0. The quantitative estimate of drug-likeness (QED) is 0.714. The molecule has 0 radical (unpaired) electrons. The first-order valence-electron chi connectivity index (χ1n) is 8.04. The molecule has 1 heterocycles. The van der Waals surface area contributed by atoms with Gasteiger partial charge < -0.3 is 0 Å². The summed E-state index contributed by atoms with van der Waals surface area (Å²) in [6, 6.07) is 19.9. The van der Waals surface area contributed by atoms with Crippen molar-refractivity contribution < 1.29 is 4.39 Å². The second kappa shape index (κ2) is 7.54. The molecule has 0 amide bonds. The first-order valence-corrected chi connectivity index (χ1v) is 8.04. The van der Waals surface area contributed by atoms with Gasteiger partial charge in [-0.3, -0.25) is 5.41 Å². The van der Waals surface area contributed by atoms with Crippen LogP contribution in [0.4, 0.5) is 4.39 Å². The fourth-order valence-electron chi connectivity index (χ4n) is 2.62. The highest BCUT2D eigenvalue weighted by Gasteiger charge is 2.09. The number of nitriles is 1. The Morgan fingerprint density at radius 1 is 1.04 bits per heavy atom. The second-order valence-corrected chi connectivity index (χ2v) is 5.65. The Hall–Kier alpha value is -3.26. The van der Waals surface area contributed by atoms with Crippen LogP contribution in [0.5, 0.6) is 0 Å². The molecule has 0 aliphatic rings. The first-order chi connectivity index (χ1) is 12.2. The molecule has 0 unspecified atom stereocenters. The topological polar surface area (TPSA) is 65.5 Å². The van der Waals surface area contributed by atoms with Gasteiger partial charge in [0.15, 0.2) is 0 Å². The average molecular weight is 332 g/mol. The maximum absolute atomic E-state index is 14.5. The number of unbranched alkanes of at least 4 members (excludes halogenated alkanes) is 1. The summed E-state index contributed by atoms with van der Waals surface area (Å²) in [6.07, 6.45) is 1.05. The van der Waals surface area contributed by atoms with E-state index in [4.69, 9.17) is 10.7 Å². The van der Waals surface area contributed by atoms with Crippen LogP contribution in [0.1, 0.15) is 12.8 Å². The van der Waals surface area contributed by atoms with Crippen molar-refractivity contribution in [2.45, 2.75) is 19.4 Å². The number of hydrogen-bond acceptors (Lipinski definition) is 3. The minimum Gasteiger partial charge on any atom is -0.283 e. The van der Waals surface area contributed by atoms with E-state index in [0.29, 0.717) is 36.2 Å². The minimum absolute atomic E-state index is 0.267. The molecule has 3 rings (SSSR count). The number of aromatic nitrogens is 2. The second-order valence-electron chi connectivity index (χ2n) is 5.65. The van der Waals surface area contributed by atoms with Gasteiger partial charge in [0, 0.05) is 24.1 Å². The van der Waals surface area contributed by atoms with Gasteiger partial charge in [-0.2, -0.15) is 10.4 Å². The molecule has 124 valence electrons. The van der Waals surface area contributed by atoms with Crippen LogP contribution in [0.15, 0.2) is 60.7 Å². The Balaban J connectivity index is 1.92. The van der Waals surface area contributed by atoms with Crippen molar-refractivity contribution in [1.82, 2.24) is 9.78 Å². The molecule has 2 aromatic carbocycles. The molecular weight excluding hydrogens is 315 g/mol. The zero-order chi connectivity index (χ0) is 17.6. The van der Waals surface area contributed by atoms with Gasteiger partial charge in [-0.05, 0) is 30.2 Å². The van der Waals surface area contributed by atoms with E-state index in [2.05, 4.69) is 11.2 Å². The highest BCUT2D eigenvalue weighted by Crippen LogP contribution is 2.26. The summed E-state index contributed by atoms with van der Waals surface area (Å²) in [7, 11) is 0. The smallest absolute Gasteiger partial charge is 0.141 e. The number of benzene rings is 2. The van der Waals surface area contributed by atoms with Crippen LogP contribution in [0, 0.1) is 22.6 Å². The lowest BCUT2D eigenvalue weighted by atomic mass is 10.0. The number of nitrogens with one attached hydrogen (secondary N) is 1. The molecule has 0 aliphatic heterocycles. The number of rotatable bonds is 5. The lowest BCUT2D eigenvalue weighted by Crippen LogP contribution is -2.22. The molecule has 0 bridgehead atoms. The lowest BCUT2D eigenvalue weighted by molar-refractivity contribution is 0.543. The zero-order valence-corrected chi connectivity index (χ0v) is 13.6. The van der Waals surface area contributed by atoms with Gasteiger partial charge in [-0.1, -0.05) is 42.5 Å². The molecule has 1 N–H and O–H groups in total. The van der Waals surface area contributed by atoms with E-state index in [0.717, 1.165) is 5.56 Å². The van der Waals surface area contributed by atoms with Crippen molar-refractivity contribution >= 4 is 0 Å². The van der Waals surface area contributed by atoms with Gasteiger partial charge in [0.25, 0.3) is 0 Å². The van der Waals surface area contributed by atoms with Gasteiger partial charge in [-0.15, -0.1) is 0 Å². The minimum atomic E-state index is -0.309. The summed E-state index contributed by atoms with van der Waals surface area (Å²) in [5.41, 5.74) is 2.90. The Labute approximate surface area is 145 Å². The normalized spacial score (nSPS) is 10.4. The van der Waals surface area contributed by atoms with Crippen LogP contribution < -0.4 is 5.49 Å². The average Bonchev–Trinajstić information content (AvgIpc) is 2.64. The molecule has 1 aromatic heterocycles. The zero-order valence-electron chi connectivity index (χ0n) is 13.6. The molecule has 0 fully saturated rings. The largest absolute Gasteiger partial charge is 0.283 e. The molecule has 3 aromatic rings. The van der Waals surface area contributed by atoms with E-state index in [-0.39, 0.29) is 11.3 Å². The third kappa shape index (κ3) is 3.81. The summed E-state index contributed by atoms with van der Waals surface area (Å²) < 4.78 is 16.1. The first kappa shape index (κ1) is 16.6. The van der Waals surface area contributed by atoms with Gasteiger partial charge in [0.2, 0.25) is 0 Å². The Morgan fingerprint density at radius 2 is 1.84 bits per heavy atom. The Kier molecular flexibility index (Phi) is 5.00. The molecule has 4 nitrogen and oxygen atoms in total. The fraction of sp³-hybridized carbons (Fsp3) is 0.150. The van der Waals surface area contributed by atoms with Gasteiger partial charge in [-0.25, -0.2) is 9.07 Å². The number of hydrogen-bond donors (Lipinski definition) is 1. The van der Waals surface area contributed by atoms with Gasteiger partial charge >= 0.3 is 0 Å². The van der Waals surface area contributed by atoms with Gasteiger partial charge in [0.05, 0.1) is 11.8 Å². The van der Waals surface area contributed by atoms with Crippen LogP contribution in [-0.4, -0.2) is 9.78 Å². The van der Waals surface area contributed by atoms with Gasteiger partial charge in [0.1, 0.15) is 11.3 Å². The summed E-state index contributed by atoms with van der Waals surface area (Å²) in [5, 5.41) is 20.9. The van der Waals surface area contributed by atoms with Crippen molar-refractivity contribution in [2.75, 3.05) is 0 Å². The Morgan fingerprint density at radius 3 is 2.56 bits per heavy atom. The van der Waals surface area contributed by atoms with Crippen LogP contribution in [0.25, 0.3) is 22.4 Å². The molecule has 0 aliphatic carbocycles.